The van der Waals surface area contributed by atoms with Crippen LogP contribution >= 0.6 is 12.2 Å². The van der Waals surface area contributed by atoms with E-state index < -0.39 is 17.5 Å². The van der Waals surface area contributed by atoms with Crippen LogP contribution in [0.25, 0.3) is 0 Å². The van der Waals surface area contributed by atoms with Gasteiger partial charge in [0.2, 0.25) is 0 Å². The van der Waals surface area contributed by atoms with E-state index in [0.717, 1.165) is 31.7 Å². The Hall–Kier alpha value is -2.86. The lowest BCUT2D eigenvalue weighted by atomic mass is 9.90. The molecule has 168 valence electrons. The van der Waals surface area contributed by atoms with Crippen molar-refractivity contribution < 1.29 is 13.9 Å². The molecular formula is C22H30FN5O2S. The molecule has 0 saturated heterocycles. The van der Waals surface area contributed by atoms with Crippen LogP contribution in [-0.2, 0) is 4.74 Å². The van der Waals surface area contributed by atoms with Crippen molar-refractivity contribution in [2.75, 3.05) is 10.6 Å². The van der Waals surface area contributed by atoms with Crippen LogP contribution in [0.5, 0.6) is 0 Å². The third kappa shape index (κ3) is 7.72. The van der Waals surface area contributed by atoms with Gasteiger partial charge in [-0.2, -0.15) is 5.26 Å². The summed E-state index contributed by atoms with van der Waals surface area (Å²) in [4.78, 5) is 12.5. The zero-order valence-electron chi connectivity index (χ0n) is 18.3. The summed E-state index contributed by atoms with van der Waals surface area (Å²) in [5, 5.41) is 18.4. The second kappa shape index (κ2) is 10.4. The molecular weight excluding hydrogens is 417 g/mol. The van der Waals surface area contributed by atoms with Gasteiger partial charge in [-0.25, -0.2) is 9.18 Å². The zero-order chi connectivity index (χ0) is 23.2. The summed E-state index contributed by atoms with van der Waals surface area (Å²) in [6.45, 7) is 7.10. The van der Waals surface area contributed by atoms with Crippen LogP contribution < -0.4 is 21.7 Å². The molecule has 9 heteroatoms. The van der Waals surface area contributed by atoms with E-state index in [4.69, 9.17) is 22.7 Å². The molecule has 2 atom stereocenters. The van der Waals surface area contributed by atoms with Crippen LogP contribution in [0.3, 0.4) is 0 Å². The normalized spacial score (nSPS) is 19.2. The summed E-state index contributed by atoms with van der Waals surface area (Å²) in [5.74, 6) is -0.555. The van der Waals surface area contributed by atoms with Crippen molar-refractivity contribution in [2.45, 2.75) is 71.1 Å². The van der Waals surface area contributed by atoms with E-state index >= 15 is 0 Å². The molecule has 0 unspecified atom stereocenters. The summed E-state index contributed by atoms with van der Waals surface area (Å²) < 4.78 is 20.1. The van der Waals surface area contributed by atoms with Gasteiger partial charge in [0.15, 0.2) is 0 Å². The predicted molar refractivity (Wildman–Crippen MR) is 124 cm³/mol. The zero-order valence-corrected chi connectivity index (χ0v) is 19.2. The molecule has 5 N–H and O–H groups in total. The van der Waals surface area contributed by atoms with Crippen molar-refractivity contribution in [2.24, 2.45) is 5.73 Å². The van der Waals surface area contributed by atoms with Crippen molar-refractivity contribution in [1.82, 2.24) is 5.32 Å². The van der Waals surface area contributed by atoms with Crippen LogP contribution in [0, 0.1) is 17.1 Å². The minimum atomic E-state index is -0.601. The number of allylic oxidation sites excluding steroid dienone is 1. The third-order valence-electron chi connectivity index (χ3n) is 4.65. The lowest BCUT2D eigenvalue weighted by Gasteiger charge is -2.34. The van der Waals surface area contributed by atoms with Crippen molar-refractivity contribution in [1.29, 1.82) is 5.26 Å². The maximum absolute atomic E-state index is 14.7. The number of thiocarbonyl (C=S) groups is 1. The molecule has 1 aliphatic rings. The molecule has 0 aliphatic heterocycles. The maximum Gasteiger partial charge on any atom is 0.407 e. The van der Waals surface area contributed by atoms with E-state index in [0.29, 0.717) is 16.4 Å². The molecule has 1 aromatic rings. The molecule has 0 radical (unpaired) electrons. The van der Waals surface area contributed by atoms with Gasteiger partial charge < -0.3 is 26.4 Å². The highest BCUT2D eigenvalue weighted by molar-refractivity contribution is 7.81. The highest BCUT2D eigenvalue weighted by Crippen LogP contribution is 2.28. The Morgan fingerprint density at radius 2 is 1.94 bits per heavy atom. The molecule has 1 amide bonds. The Morgan fingerprint density at radius 1 is 1.29 bits per heavy atom. The Balaban J connectivity index is 2.21. The molecule has 1 aliphatic carbocycles. The largest absolute Gasteiger partial charge is 0.444 e. The first kappa shape index (κ1) is 24.4. The predicted octanol–water partition coefficient (Wildman–Crippen LogP) is 4.55. The van der Waals surface area contributed by atoms with Gasteiger partial charge in [0.05, 0.1) is 23.0 Å². The number of nitrogens with zero attached hydrogens (tertiary/aromatic N) is 1. The summed E-state index contributed by atoms with van der Waals surface area (Å²) in [6, 6.07) is 4.24. The lowest BCUT2D eigenvalue weighted by molar-refractivity contribution is 0.0488. The molecule has 0 heterocycles. The fourth-order valence-electron chi connectivity index (χ4n) is 3.39. The molecule has 7 nitrogen and oxygen atoms in total. The number of amides is 1. The number of carbonyl (C=O) groups is 1. The first-order chi connectivity index (χ1) is 14.5. The minimum absolute atomic E-state index is 0.126. The molecule has 1 fully saturated rings. The lowest BCUT2D eigenvalue weighted by Crippen LogP contribution is -2.49. The van der Waals surface area contributed by atoms with E-state index in [1.165, 1.54) is 6.07 Å². The van der Waals surface area contributed by atoms with Crippen LogP contribution in [0.4, 0.5) is 20.6 Å². The topological polar surface area (TPSA) is 112 Å². The molecule has 1 aromatic carbocycles. The number of hydrogen-bond donors (Lipinski definition) is 4. The quantitative estimate of drug-likeness (QED) is 0.387. The van der Waals surface area contributed by atoms with Crippen LogP contribution in [-0.4, -0.2) is 28.8 Å². The van der Waals surface area contributed by atoms with E-state index in [-0.39, 0.29) is 23.3 Å². The van der Waals surface area contributed by atoms with Gasteiger partial charge in [0.25, 0.3) is 0 Å². The van der Waals surface area contributed by atoms with Crippen LogP contribution in [0.15, 0.2) is 23.9 Å². The average Bonchev–Trinajstić information content (AvgIpc) is 2.63. The van der Waals surface area contributed by atoms with Crippen LogP contribution in [0.2, 0.25) is 0 Å². The van der Waals surface area contributed by atoms with Crippen LogP contribution in [0.1, 0.15) is 58.9 Å². The number of benzene rings is 1. The molecule has 0 bridgehead atoms. The van der Waals surface area contributed by atoms with Gasteiger partial charge in [-0.1, -0.05) is 25.1 Å². The number of halogens is 1. The Kier molecular flexibility index (Phi) is 8.22. The molecule has 0 spiro atoms. The highest BCUT2D eigenvalue weighted by atomic mass is 32.1. The Labute approximate surface area is 188 Å². The second-order valence-corrected chi connectivity index (χ2v) is 9.09. The summed E-state index contributed by atoms with van der Waals surface area (Å²) in [7, 11) is 0. The van der Waals surface area contributed by atoms with Gasteiger partial charge >= 0.3 is 6.09 Å². The number of alkyl carbamates (subject to hydrolysis) is 1. The summed E-state index contributed by atoms with van der Waals surface area (Å²) >= 11 is 5.21. The van der Waals surface area contributed by atoms with Gasteiger partial charge in [-0.05, 0) is 58.7 Å². The van der Waals surface area contributed by atoms with E-state index in [1.54, 1.807) is 33.8 Å². The maximum atomic E-state index is 14.7. The molecule has 2 rings (SSSR count). The number of hydrogen-bond acceptors (Lipinski definition) is 6. The third-order valence-corrected chi connectivity index (χ3v) is 4.87. The molecule has 31 heavy (non-hydrogen) atoms. The second-order valence-electron chi connectivity index (χ2n) is 8.66. The average molecular weight is 448 g/mol. The minimum Gasteiger partial charge on any atom is -0.444 e. The van der Waals surface area contributed by atoms with E-state index in [1.807, 2.05) is 6.07 Å². The van der Waals surface area contributed by atoms with Gasteiger partial charge in [0, 0.05) is 11.7 Å². The number of ether oxygens (including phenoxy) is 1. The molecule has 0 aromatic heterocycles. The molecule has 1 saturated carbocycles. The SMILES string of the molecule is CC(N)=CC(=S)Nc1cc(N[C@@H]2CCCC[C@@H]2NC(=O)OC(C)(C)C)c(F)cc1C#N. The standard InChI is InChI=1S/C22H30FN5O2S/c1-13(25)9-20(31)27-18-11-19(15(23)10-14(18)12-24)26-16-7-5-6-8-17(16)28-21(29)30-22(2,3)4/h9-11,16-17,26H,5-8,25H2,1-4H3,(H,27,31)(H,28,29)/t16-,17+/m1/s1. The Morgan fingerprint density at radius 3 is 2.52 bits per heavy atom. The number of carbonyl (C=O) groups excluding carboxylic acids is 1. The number of nitrogens with one attached hydrogen (secondary N) is 3. The van der Waals surface area contributed by atoms with Crippen molar-refractivity contribution in [3.8, 4) is 6.07 Å². The summed E-state index contributed by atoms with van der Waals surface area (Å²) in [6.07, 6.45) is 4.48. The van der Waals surface area contributed by atoms with Gasteiger partial charge in [-0.15, -0.1) is 0 Å². The van der Waals surface area contributed by atoms with Gasteiger partial charge in [0.1, 0.15) is 22.5 Å². The smallest absolute Gasteiger partial charge is 0.407 e. The monoisotopic (exact) mass is 447 g/mol. The highest BCUT2D eigenvalue weighted by Gasteiger charge is 2.29. The fraction of sp³-hybridized carbons (Fsp3) is 0.500. The van der Waals surface area contributed by atoms with Gasteiger partial charge in [-0.3, -0.25) is 0 Å². The first-order valence-electron chi connectivity index (χ1n) is 10.2. The number of rotatable bonds is 5. The van der Waals surface area contributed by atoms with E-state index in [2.05, 4.69) is 16.0 Å². The van der Waals surface area contributed by atoms with Crippen molar-refractivity contribution >= 4 is 34.7 Å². The summed E-state index contributed by atoms with van der Waals surface area (Å²) in [5.41, 5.74) is 6.27. The fourth-order valence-corrected chi connectivity index (χ4v) is 3.69. The Bertz CT molecular complexity index is 900. The number of anilines is 2. The van der Waals surface area contributed by atoms with E-state index in [9.17, 15) is 14.4 Å². The van der Waals surface area contributed by atoms with Crippen molar-refractivity contribution in [3.63, 3.8) is 0 Å². The number of nitrogens with two attached hydrogens (primary N) is 1. The first-order valence-corrected chi connectivity index (χ1v) is 10.6. The number of nitriles is 1. The van der Waals surface area contributed by atoms with Crippen molar-refractivity contribution in [3.05, 3.63) is 35.3 Å².